The molecule has 0 saturated heterocycles. The van der Waals surface area contributed by atoms with Crippen molar-refractivity contribution < 1.29 is 0 Å². The second kappa shape index (κ2) is 7.58. The molecule has 0 fully saturated rings. The highest BCUT2D eigenvalue weighted by Gasteiger charge is 2.16. The number of nitrogens with zero attached hydrogens (tertiary/aromatic N) is 3. The Hall–Kier alpha value is -1.15. The molecular formula is C12H15Br2N3O3. The molecule has 0 amide bonds. The van der Waals surface area contributed by atoms with Gasteiger partial charge in [-0.2, -0.15) is 0 Å². The largest absolute Gasteiger partial charge is 0.336 e. The van der Waals surface area contributed by atoms with E-state index in [1.165, 1.54) is 12.2 Å². The molecule has 8 heteroatoms. The predicted octanol–water partition coefficient (Wildman–Crippen LogP) is 0.702. The summed E-state index contributed by atoms with van der Waals surface area (Å²) in [7, 11) is 0. The minimum Gasteiger partial charge on any atom is -0.247 e. The van der Waals surface area contributed by atoms with Crippen molar-refractivity contribution in [2.75, 3.05) is 5.33 Å². The summed E-state index contributed by atoms with van der Waals surface area (Å²) in [6.45, 7) is 7.29. The topological polar surface area (TPSA) is 66.0 Å². The Morgan fingerprint density at radius 1 is 0.950 bits per heavy atom. The van der Waals surface area contributed by atoms with Crippen LogP contribution in [0.3, 0.4) is 0 Å². The number of aromatic nitrogens is 3. The number of halogens is 2. The zero-order chi connectivity index (χ0) is 15.3. The second-order valence-corrected chi connectivity index (χ2v) is 5.95. The molecule has 0 radical (unpaired) electrons. The van der Waals surface area contributed by atoms with Gasteiger partial charge in [-0.25, -0.2) is 28.1 Å². The van der Waals surface area contributed by atoms with Crippen LogP contribution in [-0.4, -0.2) is 23.9 Å². The molecule has 0 aliphatic rings. The van der Waals surface area contributed by atoms with E-state index < -0.39 is 17.1 Å². The van der Waals surface area contributed by atoms with E-state index in [9.17, 15) is 14.4 Å². The fourth-order valence-electron chi connectivity index (χ4n) is 1.66. The van der Waals surface area contributed by atoms with E-state index in [0.29, 0.717) is 5.33 Å². The van der Waals surface area contributed by atoms with E-state index in [4.69, 9.17) is 0 Å². The number of allylic oxidation sites excluding steroid dienone is 2. The molecule has 0 bridgehead atoms. The van der Waals surface area contributed by atoms with Gasteiger partial charge in [-0.1, -0.05) is 44.0 Å². The normalized spacial score (nSPS) is 12.1. The first kappa shape index (κ1) is 16.9. The minimum absolute atomic E-state index is 0.0519. The number of hydrogen-bond acceptors (Lipinski definition) is 3. The summed E-state index contributed by atoms with van der Waals surface area (Å²) in [4.78, 5) is 36.4. The van der Waals surface area contributed by atoms with Crippen LogP contribution in [0.25, 0.3) is 0 Å². The zero-order valence-corrected chi connectivity index (χ0v) is 14.0. The van der Waals surface area contributed by atoms with Crippen molar-refractivity contribution in [1.82, 2.24) is 13.7 Å². The quantitative estimate of drug-likeness (QED) is 0.492. The first-order valence-corrected chi connectivity index (χ1v) is 7.87. The van der Waals surface area contributed by atoms with Crippen molar-refractivity contribution in [3.8, 4) is 0 Å². The van der Waals surface area contributed by atoms with Gasteiger partial charge in [-0.3, -0.25) is 0 Å². The molecule has 110 valence electrons. The van der Waals surface area contributed by atoms with Gasteiger partial charge in [0.2, 0.25) is 0 Å². The Morgan fingerprint density at radius 2 is 1.35 bits per heavy atom. The van der Waals surface area contributed by atoms with Gasteiger partial charge in [0.05, 0.1) is 13.1 Å². The highest BCUT2D eigenvalue weighted by molar-refractivity contribution is 9.12. The van der Waals surface area contributed by atoms with E-state index in [1.54, 1.807) is 0 Å². The Labute approximate surface area is 132 Å². The summed E-state index contributed by atoms with van der Waals surface area (Å²) in [5, 5.41) is 0.570. The summed E-state index contributed by atoms with van der Waals surface area (Å²) in [5.41, 5.74) is -1.92. The number of rotatable bonds is 7. The Balaban J connectivity index is 3.61. The lowest BCUT2D eigenvalue weighted by Crippen LogP contribution is -2.55. The third kappa shape index (κ3) is 3.49. The van der Waals surface area contributed by atoms with Crippen molar-refractivity contribution in [2.24, 2.45) is 0 Å². The Kier molecular flexibility index (Phi) is 6.41. The fourth-order valence-corrected chi connectivity index (χ4v) is 2.15. The Morgan fingerprint density at radius 3 is 1.70 bits per heavy atom. The minimum atomic E-state index is -0.652. The first-order chi connectivity index (χ1) is 9.47. The Bertz CT molecular complexity index is 624. The van der Waals surface area contributed by atoms with Crippen LogP contribution in [0, 0.1) is 0 Å². The van der Waals surface area contributed by atoms with Gasteiger partial charge in [-0.05, 0) is 0 Å². The van der Waals surface area contributed by atoms with Crippen LogP contribution in [0.5, 0.6) is 0 Å². The van der Waals surface area contributed by atoms with Gasteiger partial charge >= 0.3 is 17.1 Å². The van der Waals surface area contributed by atoms with Crippen LogP contribution in [0.4, 0.5) is 0 Å². The lowest BCUT2D eigenvalue weighted by atomic mass is 10.4. The maximum absolute atomic E-state index is 12.2. The van der Waals surface area contributed by atoms with Crippen LogP contribution >= 0.6 is 31.9 Å². The van der Waals surface area contributed by atoms with Crippen LogP contribution in [-0.2, 0) is 19.6 Å². The van der Waals surface area contributed by atoms with Crippen molar-refractivity contribution in [2.45, 2.75) is 24.5 Å². The summed E-state index contributed by atoms with van der Waals surface area (Å²) < 4.78 is 2.99. The third-order valence-electron chi connectivity index (χ3n) is 2.56. The zero-order valence-electron chi connectivity index (χ0n) is 10.8. The number of alkyl halides is 2. The van der Waals surface area contributed by atoms with Crippen LogP contribution in [0.15, 0.2) is 39.7 Å². The molecule has 1 atom stereocenters. The SMILES string of the molecule is C=CCn1c(=O)n(CC=C)c(=O)n(CC(Br)CBr)c1=O. The summed E-state index contributed by atoms with van der Waals surface area (Å²) >= 11 is 6.61. The first-order valence-electron chi connectivity index (χ1n) is 5.84. The van der Waals surface area contributed by atoms with Crippen LogP contribution < -0.4 is 17.1 Å². The predicted molar refractivity (Wildman–Crippen MR) is 86.1 cm³/mol. The van der Waals surface area contributed by atoms with Gasteiger partial charge in [0, 0.05) is 16.7 Å². The monoisotopic (exact) mass is 407 g/mol. The smallest absolute Gasteiger partial charge is 0.247 e. The average molecular weight is 409 g/mol. The molecule has 1 unspecified atom stereocenters. The molecular weight excluding hydrogens is 394 g/mol. The lowest BCUT2D eigenvalue weighted by molar-refractivity contribution is 0.481. The lowest BCUT2D eigenvalue weighted by Gasteiger charge is -2.13. The van der Waals surface area contributed by atoms with E-state index in [-0.39, 0.29) is 24.5 Å². The van der Waals surface area contributed by atoms with E-state index in [1.807, 2.05) is 0 Å². The molecule has 6 nitrogen and oxygen atoms in total. The van der Waals surface area contributed by atoms with Crippen LogP contribution in [0.1, 0.15) is 0 Å². The van der Waals surface area contributed by atoms with E-state index in [2.05, 4.69) is 45.0 Å². The highest BCUT2D eigenvalue weighted by Crippen LogP contribution is 2.04. The molecule has 1 rings (SSSR count). The van der Waals surface area contributed by atoms with E-state index in [0.717, 1.165) is 13.7 Å². The summed E-state index contributed by atoms with van der Waals surface area (Å²) in [6, 6.07) is 0. The molecule has 20 heavy (non-hydrogen) atoms. The molecule has 0 aromatic carbocycles. The molecule has 0 spiro atoms. The van der Waals surface area contributed by atoms with Crippen molar-refractivity contribution >= 4 is 31.9 Å². The molecule has 0 aliphatic carbocycles. The standard InChI is InChI=1S/C12H15Br2N3O3/c1-3-5-15-10(18)16(6-4-2)12(20)17(11(15)19)8-9(14)7-13/h3-4,9H,1-2,5-8H2. The van der Waals surface area contributed by atoms with E-state index >= 15 is 0 Å². The van der Waals surface area contributed by atoms with Gasteiger partial charge in [0.25, 0.3) is 0 Å². The van der Waals surface area contributed by atoms with Crippen molar-refractivity contribution in [3.63, 3.8) is 0 Å². The second-order valence-electron chi connectivity index (χ2n) is 4.01. The molecule has 0 aliphatic heterocycles. The highest BCUT2D eigenvalue weighted by atomic mass is 79.9. The molecule has 1 aromatic heterocycles. The maximum Gasteiger partial charge on any atom is 0.336 e. The van der Waals surface area contributed by atoms with Gasteiger partial charge in [-0.15, -0.1) is 13.2 Å². The van der Waals surface area contributed by atoms with Gasteiger partial charge in [0.1, 0.15) is 0 Å². The molecule has 0 saturated carbocycles. The summed E-state index contributed by atoms with van der Waals surface area (Å²) in [6.07, 6.45) is 2.87. The summed E-state index contributed by atoms with van der Waals surface area (Å²) in [5.74, 6) is 0. The fraction of sp³-hybridized carbons (Fsp3) is 0.417. The molecule has 1 aromatic rings. The number of hydrogen-bond donors (Lipinski definition) is 0. The third-order valence-corrected chi connectivity index (χ3v) is 4.82. The molecule has 1 heterocycles. The molecule has 0 N–H and O–H groups in total. The van der Waals surface area contributed by atoms with Crippen LogP contribution in [0.2, 0.25) is 0 Å². The van der Waals surface area contributed by atoms with Crippen molar-refractivity contribution in [1.29, 1.82) is 0 Å². The maximum atomic E-state index is 12.2. The van der Waals surface area contributed by atoms with Gasteiger partial charge < -0.3 is 0 Å². The van der Waals surface area contributed by atoms with Gasteiger partial charge in [0.15, 0.2) is 0 Å². The van der Waals surface area contributed by atoms with Crippen molar-refractivity contribution in [3.05, 3.63) is 56.8 Å². The average Bonchev–Trinajstić information content (AvgIpc) is 2.44.